The Labute approximate surface area is 43.5 Å². The summed E-state index contributed by atoms with van der Waals surface area (Å²) in [5, 5.41) is 0. The molecule has 1 atom stereocenters. The quantitative estimate of drug-likeness (QED) is 0.372. The molecule has 0 aliphatic rings. The van der Waals surface area contributed by atoms with Gasteiger partial charge in [0.2, 0.25) is 0 Å². The molecule has 0 aromatic carbocycles. The number of hydrogen-bond donors (Lipinski definition) is 0. The van der Waals surface area contributed by atoms with Gasteiger partial charge in [-0.2, -0.15) is 9.90 Å². The predicted octanol–water partition coefficient (Wildman–Crippen LogP) is 1.43. The molecule has 0 aromatic rings. The number of rotatable bonds is 0. The Balaban J connectivity index is 0. The fourth-order valence-corrected chi connectivity index (χ4v) is 0. The molecule has 0 saturated carbocycles. The van der Waals surface area contributed by atoms with Gasteiger partial charge >= 0.3 is 33.3 Å². The van der Waals surface area contributed by atoms with Crippen LogP contribution in [0.2, 0.25) is 0 Å². The monoisotopic (exact) mass is 160 g/mol. The Morgan fingerprint density at radius 2 is 1.25 bits per heavy atom. The topological polar surface area (TPSA) is 0 Å². The average Bonchev–Trinajstić information content (AvgIpc) is 0.918. The minimum atomic E-state index is 0. The zero-order chi connectivity index (χ0) is 2.71. The molecular weight excluding hydrogens is 158 g/mol. The van der Waals surface area contributed by atoms with Gasteiger partial charge in [0.05, 0.1) is 0 Å². The van der Waals surface area contributed by atoms with Crippen LogP contribution in [0.3, 0.4) is 0 Å². The van der Waals surface area contributed by atoms with Crippen molar-refractivity contribution < 1.29 is 13.1 Å². The summed E-state index contributed by atoms with van der Waals surface area (Å²) < 4.78 is 0. The summed E-state index contributed by atoms with van der Waals surface area (Å²) in [4.78, 5) is 0. The minimum absolute atomic E-state index is 0. The Hall–Kier alpha value is 1.53. The van der Waals surface area contributed by atoms with Crippen molar-refractivity contribution in [1.82, 2.24) is 0 Å². The zero-order valence-electron chi connectivity index (χ0n) is 1.82. The third-order valence-electron chi connectivity index (χ3n) is 0. The molecule has 0 amide bonds. The first kappa shape index (κ1) is 9.11. The Kier molecular flexibility index (Phi) is 20.1. The van der Waals surface area contributed by atoms with Crippen LogP contribution in [-0.4, -0.2) is 0 Å². The molecule has 30 valence electrons. The maximum absolute atomic E-state index is 4.76. The normalized spacial score (nSPS) is 5.50. The first-order chi connectivity index (χ1) is 1.41. The molecular formula is H3Cl2FeP. The van der Waals surface area contributed by atoms with Crippen molar-refractivity contribution in [2.75, 3.05) is 0 Å². The average molecular weight is 161 g/mol. The molecule has 0 rings (SSSR count). The van der Waals surface area contributed by atoms with Gasteiger partial charge in [0.25, 0.3) is 0 Å². The van der Waals surface area contributed by atoms with E-state index >= 15 is 0 Å². The first-order valence-electron chi connectivity index (χ1n) is 0.267. The summed E-state index contributed by atoms with van der Waals surface area (Å²) in [6.07, 6.45) is 0. The Morgan fingerprint density at radius 3 is 1.25 bits per heavy atom. The van der Waals surface area contributed by atoms with Gasteiger partial charge in [-0.1, -0.05) is 0 Å². The summed E-state index contributed by atoms with van der Waals surface area (Å²) in [6, 6.07) is 0. The van der Waals surface area contributed by atoms with Crippen LogP contribution in [0.4, 0.5) is 0 Å². The molecule has 0 bridgehead atoms. The Morgan fingerprint density at radius 1 is 1.25 bits per heavy atom. The molecule has 0 heterocycles. The molecule has 0 aliphatic carbocycles. The fraction of sp³-hybridized carbons (Fsp3) is 0. The van der Waals surface area contributed by atoms with Crippen molar-refractivity contribution in [2.45, 2.75) is 0 Å². The molecule has 0 spiro atoms. The summed E-state index contributed by atoms with van der Waals surface area (Å²) in [5.74, 6) is 0. The summed E-state index contributed by atoms with van der Waals surface area (Å²) in [7, 11) is 9.53. The molecule has 0 nitrogen and oxygen atoms in total. The van der Waals surface area contributed by atoms with Gasteiger partial charge in [-0.05, 0) is 0 Å². The van der Waals surface area contributed by atoms with Gasteiger partial charge in [0, 0.05) is 0 Å². The molecule has 1 unspecified atom stereocenters. The zero-order valence-corrected chi connectivity index (χ0v) is 5.85. The van der Waals surface area contributed by atoms with Crippen LogP contribution in [0.5, 0.6) is 0 Å². The summed E-state index contributed by atoms with van der Waals surface area (Å²) in [6.45, 7) is 0. The van der Waals surface area contributed by atoms with Crippen LogP contribution >= 0.6 is 30.1 Å². The van der Waals surface area contributed by atoms with Crippen LogP contribution in [0, 0.1) is 0 Å². The molecule has 0 aliphatic heterocycles. The van der Waals surface area contributed by atoms with E-state index in [1.807, 2.05) is 0 Å². The second-order valence-corrected chi connectivity index (χ2v) is 1.87. The summed E-state index contributed by atoms with van der Waals surface area (Å²) >= 11 is 0.194. The van der Waals surface area contributed by atoms with Crippen molar-refractivity contribution in [1.29, 1.82) is 0 Å². The van der Waals surface area contributed by atoms with Crippen LogP contribution in [0.1, 0.15) is 0 Å². The summed E-state index contributed by atoms with van der Waals surface area (Å²) in [5.41, 5.74) is 0. The van der Waals surface area contributed by atoms with Crippen molar-refractivity contribution in [3.05, 3.63) is 0 Å². The van der Waals surface area contributed by atoms with Gasteiger partial charge < -0.3 is 0 Å². The molecule has 4 heteroatoms. The predicted molar refractivity (Wildman–Crippen MR) is 22.8 cm³/mol. The van der Waals surface area contributed by atoms with Crippen molar-refractivity contribution in [3.63, 3.8) is 0 Å². The molecule has 0 saturated heterocycles. The molecule has 0 fully saturated rings. The van der Waals surface area contributed by atoms with Crippen molar-refractivity contribution >= 4 is 30.1 Å². The first-order valence-corrected chi connectivity index (χ1v) is 3.31. The van der Waals surface area contributed by atoms with E-state index in [0.717, 1.165) is 0 Å². The van der Waals surface area contributed by atoms with Crippen LogP contribution in [0.15, 0.2) is 0 Å². The standard InChI is InChI=1S/2ClH.Fe.H3P/h2*1H;;1H3/q;;+2;/p-2. The van der Waals surface area contributed by atoms with Crippen LogP contribution in [0.25, 0.3) is 0 Å². The van der Waals surface area contributed by atoms with E-state index in [0.29, 0.717) is 0 Å². The second-order valence-electron chi connectivity index (χ2n) is 0.0505. The maximum atomic E-state index is 4.76. The van der Waals surface area contributed by atoms with E-state index in [-0.39, 0.29) is 23.0 Å². The van der Waals surface area contributed by atoms with Crippen LogP contribution < -0.4 is 0 Å². The Bertz CT molecular complexity index is 6.00. The van der Waals surface area contributed by atoms with E-state index < -0.39 is 0 Å². The molecule has 0 radical (unpaired) electrons. The third kappa shape index (κ3) is 9.65. The van der Waals surface area contributed by atoms with Crippen molar-refractivity contribution in [3.8, 4) is 0 Å². The van der Waals surface area contributed by atoms with E-state index in [1.54, 1.807) is 0 Å². The van der Waals surface area contributed by atoms with Crippen LogP contribution in [-0.2, 0) is 13.1 Å². The molecule has 0 aromatic heterocycles. The number of hydrogen-bond acceptors (Lipinski definition) is 0. The fourth-order valence-electron chi connectivity index (χ4n) is 0. The van der Waals surface area contributed by atoms with E-state index in [9.17, 15) is 0 Å². The van der Waals surface area contributed by atoms with Gasteiger partial charge in [-0.25, -0.2) is 0 Å². The van der Waals surface area contributed by atoms with Gasteiger partial charge in [-0.3, -0.25) is 0 Å². The van der Waals surface area contributed by atoms with Gasteiger partial charge in [0.15, 0.2) is 0 Å². The third-order valence-corrected chi connectivity index (χ3v) is 0. The van der Waals surface area contributed by atoms with E-state index in [4.69, 9.17) is 20.2 Å². The number of halogens is 2. The van der Waals surface area contributed by atoms with Gasteiger partial charge in [-0.15, -0.1) is 0 Å². The van der Waals surface area contributed by atoms with Crippen molar-refractivity contribution in [2.24, 2.45) is 0 Å². The van der Waals surface area contributed by atoms with Gasteiger partial charge in [0.1, 0.15) is 0 Å². The van der Waals surface area contributed by atoms with E-state index in [1.165, 1.54) is 0 Å². The molecule has 4 heavy (non-hydrogen) atoms. The van der Waals surface area contributed by atoms with E-state index in [2.05, 4.69) is 0 Å². The second kappa shape index (κ2) is 8.82. The SMILES string of the molecule is P.[Cl][Fe][Cl]. The molecule has 0 N–H and O–H groups in total.